The number of aryl methyl sites for hydroxylation is 2. The molecule has 2 unspecified atom stereocenters. The van der Waals surface area contributed by atoms with E-state index < -0.39 is 10.2 Å². The van der Waals surface area contributed by atoms with Crippen LogP contribution in [-0.4, -0.2) is 10.2 Å². The Morgan fingerprint density at radius 3 is 2.43 bits per heavy atom. The number of alkyl halides is 2. The average molecular weight is 545 g/mol. The monoisotopic (exact) mass is 543 g/mol. The number of halogens is 4. The molecule has 0 spiro atoms. The molecular formula is C27H21Cl4N3O. The van der Waals surface area contributed by atoms with E-state index in [2.05, 4.69) is 23.3 Å². The van der Waals surface area contributed by atoms with Crippen LogP contribution in [0, 0.1) is 31.1 Å². The fraction of sp³-hybridized carbons (Fsp3) is 0.185. The van der Waals surface area contributed by atoms with Crippen molar-refractivity contribution in [1.82, 2.24) is 0 Å². The minimum absolute atomic E-state index is 0.176. The average Bonchev–Trinajstić information content (AvgIpc) is 3.39. The van der Waals surface area contributed by atoms with Gasteiger partial charge in [0.05, 0.1) is 21.8 Å². The van der Waals surface area contributed by atoms with Gasteiger partial charge in [-0.1, -0.05) is 48.0 Å². The summed E-state index contributed by atoms with van der Waals surface area (Å²) in [5, 5.41) is 16.3. The molecule has 8 heteroatoms. The minimum atomic E-state index is -1.03. The number of anilines is 2. The number of nitrogens with one attached hydrogen (secondary N) is 2. The van der Waals surface area contributed by atoms with Crippen LogP contribution in [0.25, 0.3) is 0 Å². The molecule has 0 aliphatic heterocycles. The van der Waals surface area contributed by atoms with Crippen molar-refractivity contribution in [2.75, 3.05) is 10.6 Å². The fourth-order valence-electron chi connectivity index (χ4n) is 4.07. The number of nitrogens with zero attached hydrogens (tertiary/aromatic N) is 1. The van der Waals surface area contributed by atoms with E-state index in [1.165, 1.54) is 0 Å². The van der Waals surface area contributed by atoms with Gasteiger partial charge in [0.25, 0.3) is 5.91 Å². The number of carbonyl (C=O) groups is 1. The van der Waals surface area contributed by atoms with Gasteiger partial charge < -0.3 is 10.6 Å². The van der Waals surface area contributed by atoms with E-state index in [0.29, 0.717) is 27.7 Å². The van der Waals surface area contributed by atoms with Crippen molar-refractivity contribution in [2.45, 2.75) is 24.1 Å². The lowest BCUT2D eigenvalue weighted by Gasteiger charge is -2.13. The lowest BCUT2D eigenvalue weighted by Crippen LogP contribution is -2.14. The first-order valence-corrected chi connectivity index (χ1v) is 12.3. The van der Waals surface area contributed by atoms with Crippen LogP contribution in [0.5, 0.6) is 0 Å². The van der Waals surface area contributed by atoms with Crippen LogP contribution in [0.4, 0.5) is 11.4 Å². The molecule has 1 aliphatic carbocycles. The summed E-state index contributed by atoms with van der Waals surface area (Å²) in [5.41, 5.74) is 5.06. The SMILES string of the molecule is C=C(Nc1ccc(Cl)c(C(=O)Nc2ccc(C)cc2C#N)c1)C1C(c2ccc(C)c(Cl)c2)C1(Cl)Cl. The standard InChI is InChI=1S/C27H21Cl4N3O/c1-14-4-9-23(18(10-14)13-32)34-26(35)20-12-19(7-8-21(20)28)33-16(3)24-25(27(24,30)31)17-6-5-15(2)22(29)11-17/h4-12,24-25,33H,3H2,1-2H3,(H,34,35). The van der Waals surface area contributed by atoms with Gasteiger partial charge in [-0.3, -0.25) is 4.79 Å². The van der Waals surface area contributed by atoms with Gasteiger partial charge in [-0.05, 0) is 66.9 Å². The Labute approximate surface area is 224 Å². The fourth-order valence-corrected chi connectivity index (χ4v) is 5.35. The van der Waals surface area contributed by atoms with E-state index in [1.807, 2.05) is 38.1 Å². The van der Waals surface area contributed by atoms with E-state index in [1.54, 1.807) is 30.3 Å². The third-order valence-corrected chi connectivity index (χ3v) is 7.72. The van der Waals surface area contributed by atoms with Crippen LogP contribution in [-0.2, 0) is 0 Å². The first kappa shape index (κ1) is 25.4. The second kappa shape index (κ2) is 9.76. The molecule has 1 fully saturated rings. The molecule has 3 aromatic rings. The molecule has 0 heterocycles. The molecule has 1 amide bonds. The van der Waals surface area contributed by atoms with Gasteiger partial charge >= 0.3 is 0 Å². The summed E-state index contributed by atoms with van der Waals surface area (Å²) in [6.07, 6.45) is 0. The summed E-state index contributed by atoms with van der Waals surface area (Å²) in [5.74, 6) is -0.875. The molecule has 1 aliphatic rings. The van der Waals surface area contributed by atoms with Crippen molar-refractivity contribution >= 4 is 63.7 Å². The Hall–Kier alpha value is -2.68. The maximum atomic E-state index is 13.0. The van der Waals surface area contributed by atoms with E-state index in [4.69, 9.17) is 46.4 Å². The highest BCUT2D eigenvalue weighted by Crippen LogP contribution is 2.67. The highest BCUT2D eigenvalue weighted by atomic mass is 35.5. The number of hydrogen-bond acceptors (Lipinski definition) is 3. The lowest BCUT2D eigenvalue weighted by molar-refractivity contribution is 0.102. The van der Waals surface area contributed by atoms with Crippen LogP contribution in [0.2, 0.25) is 10.0 Å². The van der Waals surface area contributed by atoms with Gasteiger partial charge in [0.15, 0.2) is 0 Å². The van der Waals surface area contributed by atoms with E-state index in [0.717, 1.165) is 16.7 Å². The maximum absolute atomic E-state index is 13.0. The zero-order valence-corrected chi connectivity index (χ0v) is 21.9. The lowest BCUT2D eigenvalue weighted by atomic mass is 10.1. The highest BCUT2D eigenvalue weighted by molar-refractivity contribution is 6.52. The van der Waals surface area contributed by atoms with Crippen LogP contribution in [0.15, 0.2) is 66.9 Å². The molecule has 35 heavy (non-hydrogen) atoms. The van der Waals surface area contributed by atoms with Crippen LogP contribution >= 0.6 is 46.4 Å². The summed E-state index contributed by atoms with van der Waals surface area (Å²) in [4.78, 5) is 13.0. The number of allylic oxidation sites excluding steroid dienone is 1. The number of rotatable bonds is 6. The molecular weight excluding hydrogens is 524 g/mol. The Kier molecular flexibility index (Phi) is 7.09. The smallest absolute Gasteiger partial charge is 0.257 e. The number of amides is 1. The van der Waals surface area contributed by atoms with Crippen molar-refractivity contribution in [3.8, 4) is 6.07 Å². The summed E-state index contributed by atoms with van der Waals surface area (Å²) < 4.78 is -1.03. The van der Waals surface area contributed by atoms with Gasteiger partial charge in [0.1, 0.15) is 10.4 Å². The van der Waals surface area contributed by atoms with Gasteiger partial charge in [0.2, 0.25) is 0 Å². The topological polar surface area (TPSA) is 64.9 Å². The Balaban J connectivity index is 1.52. The zero-order valence-electron chi connectivity index (χ0n) is 18.9. The Morgan fingerprint density at radius 2 is 1.74 bits per heavy atom. The third kappa shape index (κ3) is 5.15. The van der Waals surface area contributed by atoms with Crippen molar-refractivity contribution in [3.05, 3.63) is 105 Å². The largest absolute Gasteiger partial charge is 0.359 e. The number of nitriles is 1. The molecule has 3 aromatic carbocycles. The predicted octanol–water partition coefficient (Wildman–Crippen LogP) is 8.25. The highest BCUT2D eigenvalue weighted by Gasteiger charge is 2.65. The van der Waals surface area contributed by atoms with Crippen molar-refractivity contribution in [2.24, 2.45) is 5.92 Å². The molecule has 0 bridgehead atoms. The zero-order chi connectivity index (χ0) is 25.5. The van der Waals surface area contributed by atoms with Gasteiger partial charge in [-0.25, -0.2) is 0 Å². The second-order valence-electron chi connectivity index (χ2n) is 8.60. The second-order valence-corrected chi connectivity index (χ2v) is 10.9. The first-order chi connectivity index (χ1) is 16.5. The quantitative estimate of drug-likeness (QED) is 0.307. The predicted molar refractivity (Wildman–Crippen MR) is 145 cm³/mol. The molecule has 1 saturated carbocycles. The molecule has 2 N–H and O–H groups in total. The molecule has 4 nitrogen and oxygen atoms in total. The van der Waals surface area contributed by atoms with E-state index in [-0.39, 0.29) is 22.4 Å². The first-order valence-electron chi connectivity index (χ1n) is 10.7. The van der Waals surface area contributed by atoms with Crippen molar-refractivity contribution < 1.29 is 4.79 Å². The molecule has 2 atom stereocenters. The minimum Gasteiger partial charge on any atom is -0.359 e. The summed E-state index contributed by atoms with van der Waals surface area (Å²) >= 11 is 25.8. The van der Waals surface area contributed by atoms with Crippen LogP contribution < -0.4 is 10.6 Å². The third-order valence-electron chi connectivity index (χ3n) is 6.04. The molecule has 0 saturated heterocycles. The molecule has 0 aromatic heterocycles. The number of carbonyl (C=O) groups excluding carboxylic acids is 1. The molecule has 4 rings (SSSR count). The van der Waals surface area contributed by atoms with Gasteiger partial charge in [0, 0.05) is 28.2 Å². The maximum Gasteiger partial charge on any atom is 0.257 e. The Morgan fingerprint density at radius 1 is 1.00 bits per heavy atom. The number of benzene rings is 3. The van der Waals surface area contributed by atoms with Crippen LogP contribution in [0.1, 0.15) is 38.5 Å². The van der Waals surface area contributed by atoms with Crippen molar-refractivity contribution in [1.29, 1.82) is 5.26 Å². The molecule has 178 valence electrons. The summed E-state index contributed by atoms with van der Waals surface area (Å²) in [6, 6.07) is 18.0. The van der Waals surface area contributed by atoms with Crippen LogP contribution in [0.3, 0.4) is 0 Å². The normalized spacial score (nSPS) is 17.9. The van der Waals surface area contributed by atoms with E-state index >= 15 is 0 Å². The Bertz CT molecular complexity index is 1390. The summed E-state index contributed by atoms with van der Waals surface area (Å²) in [7, 11) is 0. The van der Waals surface area contributed by atoms with E-state index in [9.17, 15) is 10.1 Å². The van der Waals surface area contributed by atoms with Gasteiger partial charge in [-0.15, -0.1) is 23.2 Å². The molecule has 0 radical (unpaired) electrons. The number of hydrogen-bond donors (Lipinski definition) is 2. The summed E-state index contributed by atoms with van der Waals surface area (Å²) in [6.45, 7) is 7.94. The van der Waals surface area contributed by atoms with Gasteiger partial charge in [-0.2, -0.15) is 5.26 Å². The van der Waals surface area contributed by atoms with Crippen molar-refractivity contribution in [3.63, 3.8) is 0 Å².